The van der Waals surface area contributed by atoms with Crippen LogP contribution in [0.15, 0.2) is 59.0 Å². The highest BCUT2D eigenvalue weighted by Crippen LogP contribution is 2.29. The van der Waals surface area contributed by atoms with Crippen molar-refractivity contribution >= 4 is 17.6 Å². The number of anilines is 1. The average molecular weight is 434 g/mol. The molecular formula is C25H26N2O5. The van der Waals surface area contributed by atoms with Crippen LogP contribution < -0.4 is 4.90 Å². The van der Waals surface area contributed by atoms with Crippen molar-refractivity contribution in [1.29, 1.82) is 0 Å². The molecule has 3 aromatic rings. The first-order chi connectivity index (χ1) is 15.6. The number of benzene rings is 2. The van der Waals surface area contributed by atoms with Crippen molar-refractivity contribution in [2.45, 2.75) is 19.3 Å². The molecule has 1 aliphatic rings. The molecule has 166 valence electrons. The van der Waals surface area contributed by atoms with Gasteiger partial charge in [0, 0.05) is 19.5 Å². The van der Waals surface area contributed by atoms with Gasteiger partial charge in [-0.15, -0.1) is 0 Å². The van der Waals surface area contributed by atoms with E-state index < -0.39 is 17.7 Å². The predicted molar refractivity (Wildman–Crippen MR) is 119 cm³/mol. The number of carbonyl (C=O) groups is 2. The number of hydrogen-bond donors (Lipinski definition) is 0. The van der Waals surface area contributed by atoms with Gasteiger partial charge in [0.15, 0.2) is 0 Å². The Bertz CT molecular complexity index is 1070. The fraction of sp³-hybridized carbons (Fsp3) is 0.320. The van der Waals surface area contributed by atoms with Gasteiger partial charge in [0.2, 0.25) is 11.7 Å². The summed E-state index contributed by atoms with van der Waals surface area (Å²) >= 11 is 0. The monoisotopic (exact) mass is 434 g/mol. The van der Waals surface area contributed by atoms with Crippen molar-refractivity contribution < 1.29 is 23.5 Å². The molecule has 0 N–H and O–H groups in total. The third kappa shape index (κ3) is 4.73. The van der Waals surface area contributed by atoms with Crippen LogP contribution in [0.3, 0.4) is 0 Å². The van der Waals surface area contributed by atoms with Gasteiger partial charge in [-0.3, -0.25) is 9.59 Å². The van der Waals surface area contributed by atoms with Gasteiger partial charge >= 0.3 is 5.97 Å². The maximum atomic E-state index is 13.4. The molecule has 7 nitrogen and oxygen atoms in total. The van der Waals surface area contributed by atoms with Crippen molar-refractivity contribution in [3.8, 4) is 0 Å². The number of hydrogen-bond acceptors (Lipinski definition) is 7. The number of nitrogens with zero attached hydrogens (tertiary/aromatic N) is 2. The molecule has 0 aliphatic carbocycles. The van der Waals surface area contributed by atoms with Crippen LogP contribution in [-0.2, 0) is 20.7 Å². The van der Waals surface area contributed by atoms with Crippen molar-refractivity contribution in [2.24, 2.45) is 0 Å². The second-order valence-electron chi connectivity index (χ2n) is 7.76. The van der Waals surface area contributed by atoms with Gasteiger partial charge < -0.3 is 18.8 Å². The average Bonchev–Trinajstić information content (AvgIpc) is 3.25. The summed E-state index contributed by atoms with van der Waals surface area (Å²) in [4.78, 5) is 32.6. The quantitative estimate of drug-likeness (QED) is 0.320. The molecule has 0 radical (unpaired) electrons. The van der Waals surface area contributed by atoms with Gasteiger partial charge in [-0.1, -0.05) is 60.2 Å². The smallest absolute Gasteiger partial charge is 0.321 e. The van der Waals surface area contributed by atoms with Crippen molar-refractivity contribution in [2.75, 3.05) is 38.3 Å². The fourth-order valence-corrected chi connectivity index (χ4v) is 3.76. The van der Waals surface area contributed by atoms with E-state index >= 15 is 0 Å². The van der Waals surface area contributed by atoms with E-state index in [1.165, 1.54) is 7.11 Å². The van der Waals surface area contributed by atoms with Crippen LogP contribution in [0.2, 0.25) is 0 Å². The van der Waals surface area contributed by atoms with Gasteiger partial charge in [-0.25, -0.2) is 4.98 Å². The van der Waals surface area contributed by atoms with E-state index in [4.69, 9.17) is 13.9 Å². The molecule has 2 aromatic carbocycles. The first-order valence-electron chi connectivity index (χ1n) is 10.6. The number of aryl methyl sites for hydroxylation is 1. The highest BCUT2D eigenvalue weighted by atomic mass is 16.5. The number of ketones is 1. The third-order valence-electron chi connectivity index (χ3n) is 5.51. The van der Waals surface area contributed by atoms with E-state index in [0.29, 0.717) is 49.9 Å². The molecule has 1 aromatic heterocycles. The molecular weight excluding hydrogens is 408 g/mol. The zero-order valence-corrected chi connectivity index (χ0v) is 18.2. The van der Waals surface area contributed by atoms with E-state index in [1.807, 2.05) is 54.3 Å². The minimum atomic E-state index is -1.14. The second-order valence-corrected chi connectivity index (χ2v) is 7.76. The lowest BCUT2D eigenvalue weighted by molar-refractivity contribution is -0.141. The zero-order valence-electron chi connectivity index (χ0n) is 18.2. The summed E-state index contributed by atoms with van der Waals surface area (Å²) in [6.07, 6.45) is 0.512. The Hall–Kier alpha value is -3.45. The largest absolute Gasteiger partial charge is 0.468 e. The normalized spacial score (nSPS) is 14.8. The highest BCUT2D eigenvalue weighted by Gasteiger charge is 2.35. The molecule has 0 saturated carbocycles. The van der Waals surface area contributed by atoms with Crippen LogP contribution in [-0.4, -0.2) is 50.1 Å². The Morgan fingerprint density at radius 3 is 2.41 bits per heavy atom. The molecule has 1 atom stereocenters. The molecule has 1 saturated heterocycles. The van der Waals surface area contributed by atoms with Crippen LogP contribution in [0.25, 0.3) is 0 Å². The van der Waals surface area contributed by atoms with Crippen LogP contribution in [0.5, 0.6) is 0 Å². The number of morpholine rings is 1. The maximum absolute atomic E-state index is 13.4. The van der Waals surface area contributed by atoms with E-state index in [-0.39, 0.29) is 5.89 Å². The highest BCUT2D eigenvalue weighted by molar-refractivity contribution is 6.11. The van der Waals surface area contributed by atoms with E-state index in [2.05, 4.69) is 4.98 Å². The predicted octanol–water partition coefficient (Wildman–Crippen LogP) is 3.55. The minimum absolute atomic E-state index is 0.0894. The van der Waals surface area contributed by atoms with E-state index in [0.717, 1.165) is 11.1 Å². The summed E-state index contributed by atoms with van der Waals surface area (Å²) in [5.41, 5.74) is 3.29. The lowest BCUT2D eigenvalue weighted by Crippen LogP contribution is -2.36. The summed E-state index contributed by atoms with van der Waals surface area (Å²) < 4.78 is 16.4. The van der Waals surface area contributed by atoms with Crippen molar-refractivity contribution in [1.82, 2.24) is 4.98 Å². The SMILES string of the molecule is COC(=O)C(C(=O)c1nc(Cc2ccccc2)c(N2CCOCC2)o1)c1ccc(C)cc1. The number of ether oxygens (including phenoxy) is 2. The molecule has 1 unspecified atom stereocenters. The summed E-state index contributed by atoms with van der Waals surface area (Å²) in [6.45, 7) is 4.37. The summed E-state index contributed by atoms with van der Waals surface area (Å²) in [5, 5.41) is 0. The number of carbonyl (C=O) groups excluding carboxylic acids is 2. The van der Waals surface area contributed by atoms with Crippen LogP contribution in [0.4, 0.5) is 5.88 Å². The first kappa shape index (κ1) is 21.8. The summed E-state index contributed by atoms with van der Waals surface area (Å²) in [7, 11) is 1.27. The van der Waals surface area contributed by atoms with Gasteiger partial charge in [-0.05, 0) is 18.1 Å². The number of aromatic nitrogens is 1. The zero-order chi connectivity index (χ0) is 22.5. The first-order valence-corrected chi connectivity index (χ1v) is 10.6. The Morgan fingerprint density at radius 2 is 1.75 bits per heavy atom. The number of rotatable bonds is 7. The standard InChI is InChI=1S/C25H26N2O5/c1-17-8-10-19(11-9-17)21(25(29)30-2)22(28)23-26-20(16-18-6-4-3-5-7-18)24(32-23)27-12-14-31-15-13-27/h3-11,21H,12-16H2,1-2H3. The Balaban J connectivity index is 1.71. The minimum Gasteiger partial charge on any atom is -0.468 e. The van der Waals surface area contributed by atoms with Gasteiger partial charge in [0.05, 0.1) is 20.3 Å². The molecule has 1 aliphatic heterocycles. The molecule has 4 rings (SSSR count). The number of methoxy groups -OCH3 is 1. The van der Waals surface area contributed by atoms with E-state index in [9.17, 15) is 9.59 Å². The summed E-state index contributed by atoms with van der Waals surface area (Å²) in [6, 6.07) is 17.1. The lowest BCUT2D eigenvalue weighted by atomic mass is 9.94. The van der Waals surface area contributed by atoms with Crippen LogP contribution in [0, 0.1) is 6.92 Å². The molecule has 0 bridgehead atoms. The lowest BCUT2D eigenvalue weighted by Gasteiger charge is -2.26. The summed E-state index contributed by atoms with van der Waals surface area (Å²) in [5.74, 6) is -1.84. The molecule has 0 amide bonds. The molecule has 0 spiro atoms. The Labute approximate surface area is 187 Å². The number of Topliss-reactive ketones (excluding diaryl/α,β-unsaturated/α-hetero) is 1. The number of esters is 1. The van der Waals surface area contributed by atoms with Gasteiger partial charge in [-0.2, -0.15) is 0 Å². The fourth-order valence-electron chi connectivity index (χ4n) is 3.76. The third-order valence-corrected chi connectivity index (χ3v) is 5.51. The van der Waals surface area contributed by atoms with Crippen LogP contribution >= 0.6 is 0 Å². The Kier molecular flexibility index (Phi) is 6.66. The molecule has 32 heavy (non-hydrogen) atoms. The topological polar surface area (TPSA) is 81.9 Å². The van der Waals surface area contributed by atoms with Crippen LogP contribution in [0.1, 0.15) is 39.0 Å². The molecule has 1 fully saturated rings. The van der Waals surface area contributed by atoms with Crippen molar-refractivity contribution in [3.63, 3.8) is 0 Å². The van der Waals surface area contributed by atoms with E-state index in [1.54, 1.807) is 12.1 Å². The maximum Gasteiger partial charge on any atom is 0.321 e. The second kappa shape index (κ2) is 9.78. The van der Waals surface area contributed by atoms with Gasteiger partial charge in [0.25, 0.3) is 5.89 Å². The van der Waals surface area contributed by atoms with Crippen molar-refractivity contribution in [3.05, 3.63) is 82.9 Å². The Morgan fingerprint density at radius 1 is 1.06 bits per heavy atom. The van der Waals surface area contributed by atoms with Gasteiger partial charge in [0.1, 0.15) is 11.6 Å². The number of oxazole rings is 1. The molecule has 7 heteroatoms. The molecule has 2 heterocycles.